The van der Waals surface area contributed by atoms with Crippen molar-refractivity contribution in [1.29, 1.82) is 0 Å². The normalized spacial score (nSPS) is 20.5. The predicted molar refractivity (Wildman–Crippen MR) is 89.7 cm³/mol. The molecule has 0 bridgehead atoms. The number of carbonyl (C=O) groups is 1. The number of rotatable bonds is 2. The van der Waals surface area contributed by atoms with Crippen LogP contribution < -0.4 is 10.6 Å². The summed E-state index contributed by atoms with van der Waals surface area (Å²) in [5.74, 6) is -0.0861. The summed E-state index contributed by atoms with van der Waals surface area (Å²) in [6.07, 6.45) is 3.72. The van der Waals surface area contributed by atoms with Gasteiger partial charge in [-0.05, 0) is 31.0 Å². The lowest BCUT2D eigenvalue weighted by atomic mass is 10.1. The largest absolute Gasteiger partial charge is 0.345 e. The van der Waals surface area contributed by atoms with Crippen LogP contribution in [0.4, 0.5) is 5.69 Å². The van der Waals surface area contributed by atoms with Gasteiger partial charge in [-0.25, -0.2) is 9.48 Å². The zero-order chi connectivity index (χ0) is 16.7. The molecule has 24 heavy (non-hydrogen) atoms. The highest BCUT2D eigenvalue weighted by Crippen LogP contribution is 2.31. The molecule has 0 saturated carbocycles. The van der Waals surface area contributed by atoms with Gasteiger partial charge in [-0.15, -0.1) is 0 Å². The number of anilines is 1. The van der Waals surface area contributed by atoms with E-state index in [4.69, 9.17) is 0 Å². The molecular formula is C17H21N5O2. The molecule has 7 heteroatoms. The van der Waals surface area contributed by atoms with Gasteiger partial charge in [0.15, 0.2) is 0 Å². The summed E-state index contributed by atoms with van der Waals surface area (Å²) < 4.78 is 2.60. The van der Waals surface area contributed by atoms with Crippen LogP contribution in [0.2, 0.25) is 0 Å². The molecule has 1 aromatic carbocycles. The molecule has 0 N–H and O–H groups in total. The summed E-state index contributed by atoms with van der Waals surface area (Å²) in [7, 11) is 1.63. The third-order valence-electron chi connectivity index (χ3n) is 5.02. The molecule has 7 nitrogen and oxygen atoms in total. The van der Waals surface area contributed by atoms with Crippen molar-refractivity contribution in [3.05, 3.63) is 46.6 Å². The van der Waals surface area contributed by atoms with Crippen molar-refractivity contribution >= 4 is 11.6 Å². The van der Waals surface area contributed by atoms with Gasteiger partial charge in [0.1, 0.15) is 12.9 Å². The van der Waals surface area contributed by atoms with Crippen LogP contribution in [0.3, 0.4) is 0 Å². The van der Waals surface area contributed by atoms with Gasteiger partial charge in [0, 0.05) is 31.9 Å². The quantitative estimate of drug-likeness (QED) is 0.810. The first kappa shape index (κ1) is 15.1. The molecule has 0 aliphatic carbocycles. The molecule has 1 amide bonds. The number of carbonyl (C=O) groups excluding carboxylic acids is 1. The minimum atomic E-state index is -0.269. The Balaban J connectivity index is 1.66. The average molecular weight is 327 g/mol. The monoisotopic (exact) mass is 327 g/mol. The summed E-state index contributed by atoms with van der Waals surface area (Å²) >= 11 is 0. The third kappa shape index (κ3) is 2.54. The number of benzene rings is 1. The molecule has 1 atom stereocenters. The number of hydrogen-bond donors (Lipinski definition) is 0. The SMILES string of the molecule is Cn1cnn(CC(=O)N2C[C@@H]3CCCN3Cc3ccccc32)c1=O. The van der Waals surface area contributed by atoms with Crippen LogP contribution in [0.1, 0.15) is 18.4 Å². The van der Waals surface area contributed by atoms with E-state index >= 15 is 0 Å². The van der Waals surface area contributed by atoms with Crippen molar-refractivity contribution in [2.75, 3.05) is 18.0 Å². The Morgan fingerprint density at radius 3 is 2.96 bits per heavy atom. The fraction of sp³-hybridized carbons (Fsp3) is 0.471. The predicted octanol–water partition coefficient (Wildman–Crippen LogP) is 0.593. The van der Waals surface area contributed by atoms with E-state index in [0.29, 0.717) is 12.6 Å². The minimum Gasteiger partial charge on any atom is -0.309 e. The number of para-hydroxylation sites is 1. The van der Waals surface area contributed by atoms with Crippen molar-refractivity contribution in [2.24, 2.45) is 7.05 Å². The van der Waals surface area contributed by atoms with E-state index < -0.39 is 0 Å². The molecule has 1 fully saturated rings. The number of amides is 1. The van der Waals surface area contributed by atoms with Crippen LogP contribution in [0, 0.1) is 0 Å². The van der Waals surface area contributed by atoms with Crippen LogP contribution in [-0.4, -0.2) is 44.3 Å². The molecule has 126 valence electrons. The van der Waals surface area contributed by atoms with Gasteiger partial charge in [-0.2, -0.15) is 5.10 Å². The highest BCUT2D eigenvalue weighted by Gasteiger charge is 2.33. The Hall–Kier alpha value is -2.41. The first-order valence-electron chi connectivity index (χ1n) is 8.34. The molecule has 3 heterocycles. The number of aromatic nitrogens is 3. The van der Waals surface area contributed by atoms with Gasteiger partial charge in [0.05, 0.1) is 0 Å². The lowest BCUT2D eigenvalue weighted by molar-refractivity contribution is -0.119. The van der Waals surface area contributed by atoms with E-state index in [2.05, 4.69) is 16.1 Å². The van der Waals surface area contributed by atoms with Crippen molar-refractivity contribution in [3.63, 3.8) is 0 Å². The number of nitrogens with zero attached hydrogens (tertiary/aromatic N) is 5. The minimum absolute atomic E-state index is 0.0271. The van der Waals surface area contributed by atoms with E-state index in [1.165, 1.54) is 27.6 Å². The molecule has 0 radical (unpaired) electrons. The zero-order valence-electron chi connectivity index (χ0n) is 13.8. The van der Waals surface area contributed by atoms with Crippen LogP contribution in [-0.2, 0) is 24.9 Å². The van der Waals surface area contributed by atoms with Crippen molar-refractivity contribution in [3.8, 4) is 0 Å². The summed E-state index contributed by atoms with van der Waals surface area (Å²) in [5, 5.41) is 4.01. The summed E-state index contributed by atoms with van der Waals surface area (Å²) in [6.45, 7) is 2.62. The third-order valence-corrected chi connectivity index (χ3v) is 5.02. The second-order valence-electron chi connectivity index (χ2n) is 6.58. The van der Waals surface area contributed by atoms with E-state index in [0.717, 1.165) is 25.2 Å². The first-order valence-corrected chi connectivity index (χ1v) is 8.34. The highest BCUT2D eigenvalue weighted by molar-refractivity contribution is 5.94. The Morgan fingerprint density at radius 2 is 2.17 bits per heavy atom. The maximum absolute atomic E-state index is 12.9. The standard InChI is InChI=1S/C17H21N5O2/c1-19-12-18-22(17(19)24)11-16(23)21-10-14-6-4-8-20(14)9-13-5-2-3-7-15(13)21/h2-3,5,7,12,14H,4,6,8-11H2,1H3/t14-/m0/s1. The number of fused-ring (bicyclic) bond motifs is 2. The van der Waals surface area contributed by atoms with Gasteiger partial charge in [0.2, 0.25) is 5.91 Å². The Morgan fingerprint density at radius 1 is 1.33 bits per heavy atom. The Bertz CT molecular complexity index is 824. The smallest absolute Gasteiger partial charge is 0.309 e. The van der Waals surface area contributed by atoms with E-state index in [1.54, 1.807) is 7.05 Å². The van der Waals surface area contributed by atoms with E-state index in [9.17, 15) is 9.59 Å². The van der Waals surface area contributed by atoms with Gasteiger partial charge >= 0.3 is 5.69 Å². The van der Waals surface area contributed by atoms with Crippen molar-refractivity contribution < 1.29 is 4.79 Å². The van der Waals surface area contributed by atoms with E-state index in [-0.39, 0.29) is 18.1 Å². The van der Waals surface area contributed by atoms with E-state index in [1.807, 2.05) is 23.1 Å². The maximum atomic E-state index is 12.9. The van der Waals surface area contributed by atoms with Crippen molar-refractivity contribution in [2.45, 2.75) is 32.0 Å². The number of aryl methyl sites for hydroxylation is 1. The highest BCUT2D eigenvalue weighted by atomic mass is 16.2. The Kier molecular flexibility index (Phi) is 3.72. The lowest BCUT2D eigenvalue weighted by Gasteiger charge is -2.26. The summed E-state index contributed by atoms with van der Waals surface area (Å²) in [4.78, 5) is 29.2. The molecule has 2 aliphatic heterocycles. The average Bonchev–Trinajstić information content (AvgIpc) is 3.10. The summed E-state index contributed by atoms with van der Waals surface area (Å²) in [5.41, 5.74) is 1.86. The van der Waals surface area contributed by atoms with Crippen LogP contribution in [0.15, 0.2) is 35.4 Å². The zero-order valence-corrected chi connectivity index (χ0v) is 13.8. The van der Waals surface area contributed by atoms with Crippen LogP contribution >= 0.6 is 0 Å². The van der Waals surface area contributed by atoms with Gasteiger partial charge in [-0.1, -0.05) is 18.2 Å². The molecule has 1 aromatic heterocycles. The second-order valence-corrected chi connectivity index (χ2v) is 6.58. The molecule has 0 spiro atoms. The molecule has 2 aliphatic rings. The molecule has 0 unspecified atom stereocenters. The molecule has 4 rings (SSSR count). The van der Waals surface area contributed by atoms with Gasteiger partial charge < -0.3 is 4.90 Å². The molecular weight excluding hydrogens is 306 g/mol. The van der Waals surface area contributed by atoms with Crippen LogP contribution in [0.5, 0.6) is 0 Å². The number of hydrogen-bond acceptors (Lipinski definition) is 4. The lowest BCUT2D eigenvalue weighted by Crippen LogP contribution is -2.43. The Labute approximate surface area is 140 Å². The van der Waals surface area contributed by atoms with Crippen molar-refractivity contribution in [1.82, 2.24) is 19.2 Å². The first-order chi connectivity index (χ1) is 11.6. The fourth-order valence-electron chi connectivity index (χ4n) is 3.72. The maximum Gasteiger partial charge on any atom is 0.345 e. The molecule has 1 saturated heterocycles. The summed E-state index contributed by atoms with van der Waals surface area (Å²) in [6, 6.07) is 8.45. The topological polar surface area (TPSA) is 63.4 Å². The van der Waals surface area contributed by atoms with Gasteiger partial charge in [-0.3, -0.25) is 14.3 Å². The second kappa shape index (κ2) is 5.90. The fourth-order valence-corrected chi connectivity index (χ4v) is 3.72. The van der Waals surface area contributed by atoms with Crippen LogP contribution in [0.25, 0.3) is 0 Å². The molecule has 2 aromatic rings. The van der Waals surface area contributed by atoms with Gasteiger partial charge in [0.25, 0.3) is 0 Å².